The number of hydrogen-bond donors (Lipinski definition) is 2. The number of aliphatic hydroxyl groups is 2. The zero-order valence-corrected chi connectivity index (χ0v) is 21.6. The first-order valence-corrected chi connectivity index (χ1v) is 13.5. The quantitative estimate of drug-likeness (QED) is 0.649. The van der Waals surface area contributed by atoms with Crippen molar-refractivity contribution >= 4 is 22.3 Å². The van der Waals surface area contributed by atoms with E-state index in [1.54, 1.807) is 11.9 Å². The van der Waals surface area contributed by atoms with Gasteiger partial charge in [-0.25, -0.2) is 0 Å². The molecule has 2 spiro atoms. The highest BCUT2D eigenvalue weighted by Crippen LogP contribution is 2.67. The van der Waals surface area contributed by atoms with Crippen molar-refractivity contribution < 1.29 is 19.7 Å². The summed E-state index contributed by atoms with van der Waals surface area (Å²) >= 11 is 0. The Hall–Kier alpha value is -2.80. The molecule has 6 heteroatoms. The number of pyridine rings is 1. The van der Waals surface area contributed by atoms with E-state index < -0.39 is 29.5 Å². The molecule has 1 amide bonds. The molecular formula is C31H34N2O4. The maximum Gasteiger partial charge on any atom is 0.219 e. The molecule has 2 aromatic rings. The van der Waals surface area contributed by atoms with Gasteiger partial charge in [-0.05, 0) is 65.5 Å². The van der Waals surface area contributed by atoms with Gasteiger partial charge in [0.15, 0.2) is 0 Å². The Morgan fingerprint density at radius 1 is 1.16 bits per heavy atom. The Bertz CT molecular complexity index is 1430. The Kier molecular flexibility index (Phi) is 4.81. The molecule has 2 fully saturated rings. The summed E-state index contributed by atoms with van der Waals surface area (Å²) in [7, 11) is 1.71. The van der Waals surface area contributed by atoms with Crippen molar-refractivity contribution in [1.29, 1.82) is 0 Å². The molecule has 2 aliphatic heterocycles. The average Bonchev–Trinajstić information content (AvgIpc) is 3.41. The molecule has 37 heavy (non-hydrogen) atoms. The molecule has 2 bridgehead atoms. The Morgan fingerprint density at radius 3 is 2.81 bits per heavy atom. The number of amides is 1. The minimum Gasteiger partial charge on any atom is -0.388 e. The number of aliphatic hydroxyl groups excluding tert-OH is 2. The van der Waals surface area contributed by atoms with Gasteiger partial charge >= 0.3 is 0 Å². The van der Waals surface area contributed by atoms with Crippen LogP contribution >= 0.6 is 0 Å². The van der Waals surface area contributed by atoms with E-state index in [-0.39, 0.29) is 17.2 Å². The predicted molar refractivity (Wildman–Crippen MR) is 141 cm³/mol. The number of carbonyl (C=O) groups excluding carboxylic acids is 1. The molecule has 7 rings (SSSR count). The monoisotopic (exact) mass is 498 g/mol. The second kappa shape index (κ2) is 7.62. The topological polar surface area (TPSA) is 82.9 Å². The highest BCUT2D eigenvalue weighted by atomic mass is 16.5. The van der Waals surface area contributed by atoms with E-state index in [1.807, 2.05) is 18.5 Å². The number of rotatable bonds is 2. The second-order valence-corrected chi connectivity index (χ2v) is 12.0. The molecular weight excluding hydrogens is 464 g/mol. The van der Waals surface area contributed by atoms with E-state index in [0.29, 0.717) is 6.42 Å². The summed E-state index contributed by atoms with van der Waals surface area (Å²) in [5.74, 6) is 0.161. The van der Waals surface area contributed by atoms with Gasteiger partial charge in [-0.1, -0.05) is 37.3 Å². The van der Waals surface area contributed by atoms with Gasteiger partial charge in [0.25, 0.3) is 0 Å². The summed E-state index contributed by atoms with van der Waals surface area (Å²) in [6, 6.07) is 8.24. The van der Waals surface area contributed by atoms with E-state index in [0.717, 1.165) is 42.2 Å². The van der Waals surface area contributed by atoms with Crippen LogP contribution in [0.25, 0.3) is 16.3 Å². The number of ether oxygens (including phenoxy) is 1. The molecule has 5 aliphatic rings. The van der Waals surface area contributed by atoms with E-state index in [1.165, 1.54) is 23.4 Å². The summed E-state index contributed by atoms with van der Waals surface area (Å²) in [5.41, 5.74) is 3.41. The molecule has 0 unspecified atom stereocenters. The van der Waals surface area contributed by atoms with E-state index in [2.05, 4.69) is 48.3 Å². The van der Waals surface area contributed by atoms with Crippen LogP contribution in [-0.4, -0.2) is 62.5 Å². The Balaban J connectivity index is 1.28. The molecule has 3 heterocycles. The van der Waals surface area contributed by atoms with E-state index in [9.17, 15) is 15.0 Å². The Morgan fingerprint density at radius 2 is 2.00 bits per heavy atom. The predicted octanol–water partition coefficient (Wildman–Crippen LogP) is 4.17. The van der Waals surface area contributed by atoms with E-state index in [4.69, 9.17) is 4.74 Å². The lowest BCUT2D eigenvalue weighted by Gasteiger charge is -2.56. The van der Waals surface area contributed by atoms with Crippen LogP contribution in [0.4, 0.5) is 0 Å². The first-order valence-electron chi connectivity index (χ1n) is 13.5. The third kappa shape index (κ3) is 2.98. The van der Waals surface area contributed by atoms with Gasteiger partial charge < -0.3 is 19.8 Å². The molecule has 7 atom stereocenters. The van der Waals surface area contributed by atoms with Crippen molar-refractivity contribution in [3.63, 3.8) is 0 Å². The maximum absolute atomic E-state index is 12.2. The molecule has 0 radical (unpaired) electrons. The van der Waals surface area contributed by atoms with Crippen molar-refractivity contribution in [2.24, 2.45) is 11.3 Å². The fraction of sp³-hybridized carbons (Fsp3) is 0.484. The number of allylic oxidation sites excluding steroid dienone is 3. The van der Waals surface area contributed by atoms with Crippen molar-refractivity contribution in [2.75, 3.05) is 7.05 Å². The van der Waals surface area contributed by atoms with Crippen LogP contribution in [0.15, 0.2) is 66.0 Å². The van der Waals surface area contributed by atoms with Crippen LogP contribution < -0.4 is 0 Å². The molecule has 6 nitrogen and oxygen atoms in total. The molecule has 3 aliphatic carbocycles. The van der Waals surface area contributed by atoms with Gasteiger partial charge in [-0.3, -0.25) is 9.78 Å². The number of hydrogen-bond acceptors (Lipinski definition) is 5. The minimum absolute atomic E-state index is 0.0708. The summed E-state index contributed by atoms with van der Waals surface area (Å²) in [5, 5.41) is 24.5. The molecule has 2 N–H and O–H groups in total. The number of aromatic nitrogens is 1. The maximum atomic E-state index is 12.2. The number of carbonyl (C=O) groups is 1. The summed E-state index contributed by atoms with van der Waals surface area (Å²) in [4.78, 5) is 18.1. The van der Waals surface area contributed by atoms with Crippen LogP contribution in [0.2, 0.25) is 0 Å². The number of likely N-dealkylation sites (N-methyl/N-ethyl adjacent to an activating group) is 1. The third-order valence-corrected chi connectivity index (χ3v) is 10.4. The van der Waals surface area contributed by atoms with Gasteiger partial charge in [0, 0.05) is 49.5 Å². The normalized spacial score (nSPS) is 39.8. The zero-order valence-electron chi connectivity index (χ0n) is 21.6. The molecule has 1 saturated heterocycles. The first-order chi connectivity index (χ1) is 17.7. The van der Waals surface area contributed by atoms with Gasteiger partial charge in [0.05, 0.1) is 17.2 Å². The summed E-state index contributed by atoms with van der Waals surface area (Å²) in [6.45, 7) is 3.88. The molecule has 1 aromatic heterocycles. The van der Waals surface area contributed by atoms with Crippen molar-refractivity contribution in [1.82, 2.24) is 9.88 Å². The lowest BCUT2D eigenvalue weighted by Crippen LogP contribution is -2.62. The van der Waals surface area contributed by atoms with Gasteiger partial charge in [-0.2, -0.15) is 0 Å². The lowest BCUT2D eigenvalue weighted by atomic mass is 9.58. The highest BCUT2D eigenvalue weighted by molar-refractivity contribution is 5.87. The van der Waals surface area contributed by atoms with Gasteiger partial charge in [0.1, 0.15) is 12.2 Å². The number of nitrogens with zero attached hydrogens (tertiary/aromatic N) is 2. The third-order valence-electron chi connectivity index (χ3n) is 10.4. The highest BCUT2D eigenvalue weighted by Gasteiger charge is 2.67. The van der Waals surface area contributed by atoms with E-state index >= 15 is 0 Å². The fourth-order valence-corrected chi connectivity index (χ4v) is 8.31. The van der Waals surface area contributed by atoms with Crippen LogP contribution in [0.3, 0.4) is 0 Å². The molecule has 1 aromatic carbocycles. The standard InChI is InChI=1S/C31H34N2O4/c1-18(34)33(3)25-16-30-11-12-31(37-30)22(15-24(30)27(35)28(25)36)8-10-29(2)23(6-7-26(29)31)20-5-4-19-9-13-32-17-21(19)14-20/h4-6,8-9,13-15,17,25-28,35-36H,7,10-12,16H2,1-3H3/t25-,26+,27+,28+,29+,30+,31+/m0/s1. The average molecular weight is 499 g/mol. The van der Waals surface area contributed by atoms with Crippen molar-refractivity contribution in [3.05, 3.63) is 71.6 Å². The Labute approximate surface area is 217 Å². The lowest BCUT2D eigenvalue weighted by molar-refractivity contribution is -0.167. The van der Waals surface area contributed by atoms with Crippen LogP contribution in [0.1, 0.15) is 51.5 Å². The van der Waals surface area contributed by atoms with Crippen LogP contribution in [0, 0.1) is 11.3 Å². The number of benzene rings is 1. The van der Waals surface area contributed by atoms with Crippen molar-refractivity contribution in [2.45, 2.75) is 75.4 Å². The first kappa shape index (κ1) is 23.3. The van der Waals surface area contributed by atoms with Crippen LogP contribution in [0.5, 0.6) is 0 Å². The van der Waals surface area contributed by atoms with Crippen LogP contribution in [-0.2, 0) is 9.53 Å². The second-order valence-electron chi connectivity index (χ2n) is 12.0. The SMILES string of the molecule is CC(=O)N(C)[C@H]1C[C@@]23CC[C@@]4(O2)C(=CC[C@]2(C)C(c5ccc6ccncc6c5)=CC[C@H]24)C=C3[C@@H](O)[C@@H]1O. The van der Waals surface area contributed by atoms with Gasteiger partial charge in [-0.15, -0.1) is 0 Å². The number of fused-ring (bicyclic) bond motifs is 2. The summed E-state index contributed by atoms with van der Waals surface area (Å²) in [6.07, 6.45) is 12.5. The zero-order chi connectivity index (χ0) is 25.7. The largest absolute Gasteiger partial charge is 0.388 e. The molecule has 1 saturated carbocycles. The minimum atomic E-state index is -1.05. The van der Waals surface area contributed by atoms with Crippen molar-refractivity contribution in [3.8, 4) is 0 Å². The molecule has 192 valence electrons. The summed E-state index contributed by atoms with van der Waals surface area (Å²) < 4.78 is 7.20. The fourth-order valence-electron chi connectivity index (χ4n) is 8.31. The smallest absolute Gasteiger partial charge is 0.219 e. The van der Waals surface area contributed by atoms with Gasteiger partial charge in [0.2, 0.25) is 5.91 Å².